The molecular formula is C12H18O2. The van der Waals surface area contributed by atoms with Gasteiger partial charge in [-0.15, -0.1) is 0 Å². The van der Waals surface area contributed by atoms with Crippen LogP contribution in [0.5, 0.6) is 0 Å². The number of rotatable bonds is 2. The predicted octanol–water partition coefficient (Wildman–Crippen LogP) is 2.54. The number of carbonyl (C=O) groups excluding carboxylic acids is 1. The van der Waals surface area contributed by atoms with Gasteiger partial charge in [0.1, 0.15) is 0 Å². The molecular weight excluding hydrogens is 176 g/mol. The van der Waals surface area contributed by atoms with E-state index in [1.807, 2.05) is 0 Å². The van der Waals surface area contributed by atoms with E-state index in [2.05, 4.69) is 19.9 Å². The van der Waals surface area contributed by atoms with E-state index in [1.54, 1.807) is 0 Å². The highest BCUT2D eigenvalue weighted by molar-refractivity contribution is 5.66. The van der Waals surface area contributed by atoms with Crippen LogP contribution in [-0.2, 0) is 9.53 Å². The first-order chi connectivity index (χ1) is 6.54. The second-order valence-electron chi connectivity index (χ2n) is 4.99. The summed E-state index contributed by atoms with van der Waals surface area (Å²) in [5, 5.41) is 0. The van der Waals surface area contributed by atoms with Crippen LogP contribution in [0.3, 0.4) is 0 Å². The quantitative estimate of drug-likeness (QED) is 0.499. The number of fused-ring (bicyclic) bond motifs is 1. The van der Waals surface area contributed by atoms with Gasteiger partial charge in [0.05, 0.1) is 6.61 Å². The fraction of sp³-hybridized carbons (Fsp3) is 0.750. The average Bonchev–Trinajstić information content (AvgIpc) is 2.69. The molecule has 2 aliphatic rings. The van der Waals surface area contributed by atoms with Gasteiger partial charge in [-0.25, -0.2) is 0 Å². The normalized spacial score (nSPS) is 39.8. The standard InChI is InChI=1S/C12H18O2/c1-8-4-5-10-11(6-8)12(10,3)7-14-9(2)13/h4,10-11H,5-7H2,1-3H3. The van der Waals surface area contributed by atoms with Crippen LogP contribution in [0.1, 0.15) is 33.6 Å². The number of esters is 1. The molecule has 0 saturated heterocycles. The Labute approximate surface area is 85.3 Å². The molecule has 0 aromatic rings. The first kappa shape index (κ1) is 9.75. The molecule has 0 aromatic carbocycles. The molecule has 0 spiro atoms. The van der Waals surface area contributed by atoms with Crippen molar-refractivity contribution >= 4 is 5.97 Å². The first-order valence-electron chi connectivity index (χ1n) is 5.33. The zero-order valence-electron chi connectivity index (χ0n) is 9.17. The third kappa shape index (κ3) is 1.47. The van der Waals surface area contributed by atoms with E-state index in [-0.39, 0.29) is 11.4 Å². The molecule has 3 atom stereocenters. The third-order valence-corrected chi connectivity index (χ3v) is 3.92. The van der Waals surface area contributed by atoms with Crippen LogP contribution < -0.4 is 0 Å². The van der Waals surface area contributed by atoms with E-state index < -0.39 is 0 Å². The van der Waals surface area contributed by atoms with Crippen molar-refractivity contribution in [3.05, 3.63) is 11.6 Å². The SMILES string of the molecule is CC(=O)OCC1(C)C2CC=C(C)CC21. The number of allylic oxidation sites excluding steroid dienone is 2. The minimum atomic E-state index is -0.153. The Morgan fingerprint density at radius 2 is 2.36 bits per heavy atom. The molecule has 2 heteroatoms. The van der Waals surface area contributed by atoms with Crippen molar-refractivity contribution in [2.24, 2.45) is 17.3 Å². The smallest absolute Gasteiger partial charge is 0.302 e. The molecule has 14 heavy (non-hydrogen) atoms. The Hall–Kier alpha value is -0.790. The van der Waals surface area contributed by atoms with Crippen molar-refractivity contribution in [2.45, 2.75) is 33.6 Å². The highest BCUT2D eigenvalue weighted by Crippen LogP contribution is 2.64. The molecule has 78 valence electrons. The second-order valence-corrected chi connectivity index (χ2v) is 4.99. The van der Waals surface area contributed by atoms with Gasteiger partial charge in [0.25, 0.3) is 0 Å². The molecule has 2 aliphatic carbocycles. The fourth-order valence-electron chi connectivity index (χ4n) is 2.80. The van der Waals surface area contributed by atoms with Gasteiger partial charge in [-0.2, -0.15) is 0 Å². The van der Waals surface area contributed by atoms with Gasteiger partial charge in [0.2, 0.25) is 0 Å². The summed E-state index contributed by atoms with van der Waals surface area (Å²) in [5.41, 5.74) is 1.76. The Morgan fingerprint density at radius 3 is 2.93 bits per heavy atom. The zero-order chi connectivity index (χ0) is 10.3. The van der Waals surface area contributed by atoms with E-state index in [0.717, 1.165) is 11.8 Å². The van der Waals surface area contributed by atoms with Crippen LogP contribution in [0, 0.1) is 17.3 Å². The number of ether oxygens (including phenoxy) is 1. The van der Waals surface area contributed by atoms with Crippen molar-refractivity contribution in [3.63, 3.8) is 0 Å². The maximum Gasteiger partial charge on any atom is 0.302 e. The predicted molar refractivity (Wildman–Crippen MR) is 54.7 cm³/mol. The Balaban J connectivity index is 1.93. The van der Waals surface area contributed by atoms with Gasteiger partial charge in [0.15, 0.2) is 0 Å². The Morgan fingerprint density at radius 1 is 1.64 bits per heavy atom. The van der Waals surface area contributed by atoms with Crippen LogP contribution in [0.15, 0.2) is 11.6 Å². The maximum atomic E-state index is 10.8. The molecule has 0 heterocycles. The number of hydrogen-bond acceptors (Lipinski definition) is 2. The summed E-state index contributed by atoms with van der Waals surface area (Å²) in [7, 11) is 0. The number of hydrogen-bond donors (Lipinski definition) is 0. The van der Waals surface area contributed by atoms with Crippen molar-refractivity contribution in [2.75, 3.05) is 6.61 Å². The summed E-state index contributed by atoms with van der Waals surface area (Å²) >= 11 is 0. The number of carbonyl (C=O) groups is 1. The summed E-state index contributed by atoms with van der Waals surface area (Å²) in [4.78, 5) is 10.8. The van der Waals surface area contributed by atoms with Gasteiger partial charge in [-0.05, 0) is 31.6 Å². The average molecular weight is 194 g/mol. The van der Waals surface area contributed by atoms with E-state index in [4.69, 9.17) is 4.74 Å². The fourth-order valence-corrected chi connectivity index (χ4v) is 2.80. The minimum Gasteiger partial charge on any atom is -0.465 e. The molecule has 0 bridgehead atoms. The van der Waals surface area contributed by atoms with E-state index in [0.29, 0.717) is 6.61 Å². The van der Waals surface area contributed by atoms with Gasteiger partial charge in [-0.1, -0.05) is 18.6 Å². The van der Waals surface area contributed by atoms with Crippen molar-refractivity contribution in [3.8, 4) is 0 Å². The molecule has 1 saturated carbocycles. The van der Waals surface area contributed by atoms with Crippen LogP contribution >= 0.6 is 0 Å². The molecule has 2 nitrogen and oxygen atoms in total. The van der Waals surface area contributed by atoms with Crippen LogP contribution in [0.4, 0.5) is 0 Å². The van der Waals surface area contributed by atoms with Crippen LogP contribution in [0.2, 0.25) is 0 Å². The highest BCUT2D eigenvalue weighted by atomic mass is 16.5. The largest absolute Gasteiger partial charge is 0.465 e. The highest BCUT2D eigenvalue weighted by Gasteiger charge is 2.61. The second kappa shape index (κ2) is 3.11. The molecule has 0 aliphatic heterocycles. The summed E-state index contributed by atoms with van der Waals surface area (Å²) in [6, 6.07) is 0. The lowest BCUT2D eigenvalue weighted by Crippen LogP contribution is -2.13. The van der Waals surface area contributed by atoms with Crippen LogP contribution in [-0.4, -0.2) is 12.6 Å². The van der Waals surface area contributed by atoms with E-state index in [1.165, 1.54) is 25.3 Å². The van der Waals surface area contributed by atoms with Gasteiger partial charge >= 0.3 is 5.97 Å². The molecule has 0 amide bonds. The molecule has 2 rings (SSSR count). The van der Waals surface area contributed by atoms with E-state index >= 15 is 0 Å². The van der Waals surface area contributed by atoms with E-state index in [9.17, 15) is 4.79 Å². The molecule has 0 N–H and O–H groups in total. The summed E-state index contributed by atoms with van der Waals surface area (Å²) in [6.45, 7) is 6.54. The summed E-state index contributed by atoms with van der Waals surface area (Å²) < 4.78 is 5.13. The van der Waals surface area contributed by atoms with Crippen molar-refractivity contribution in [1.29, 1.82) is 0 Å². The minimum absolute atomic E-state index is 0.153. The Kier molecular flexibility index (Phi) is 2.17. The maximum absolute atomic E-state index is 10.8. The van der Waals surface area contributed by atoms with Crippen LogP contribution in [0.25, 0.3) is 0 Å². The van der Waals surface area contributed by atoms with Gasteiger partial charge in [0, 0.05) is 12.3 Å². The summed E-state index contributed by atoms with van der Waals surface area (Å²) in [6.07, 6.45) is 4.71. The summed E-state index contributed by atoms with van der Waals surface area (Å²) in [5.74, 6) is 1.36. The first-order valence-corrected chi connectivity index (χ1v) is 5.33. The molecule has 3 unspecified atom stereocenters. The lowest BCUT2D eigenvalue weighted by molar-refractivity contribution is -0.142. The van der Waals surface area contributed by atoms with Crippen molar-refractivity contribution in [1.82, 2.24) is 0 Å². The lowest BCUT2D eigenvalue weighted by atomic mass is 10.0. The van der Waals surface area contributed by atoms with Crippen molar-refractivity contribution < 1.29 is 9.53 Å². The molecule has 1 fully saturated rings. The lowest BCUT2D eigenvalue weighted by Gasteiger charge is -2.10. The van der Waals surface area contributed by atoms with Gasteiger partial charge < -0.3 is 4.74 Å². The Bertz CT molecular complexity index is 293. The topological polar surface area (TPSA) is 26.3 Å². The monoisotopic (exact) mass is 194 g/mol. The third-order valence-electron chi connectivity index (χ3n) is 3.92. The molecule has 0 radical (unpaired) electrons. The molecule has 0 aromatic heterocycles. The zero-order valence-corrected chi connectivity index (χ0v) is 9.17. The van der Waals surface area contributed by atoms with Gasteiger partial charge in [-0.3, -0.25) is 4.79 Å².